The maximum Gasteiger partial charge on any atom is 0.293 e. The van der Waals surface area contributed by atoms with Gasteiger partial charge in [-0.1, -0.05) is 23.8 Å². The number of nitrogens with one attached hydrogen (secondary N) is 2. The summed E-state index contributed by atoms with van der Waals surface area (Å²) in [7, 11) is 1.77. The number of piperidine rings is 1. The van der Waals surface area contributed by atoms with Gasteiger partial charge < -0.3 is 19.8 Å². The summed E-state index contributed by atoms with van der Waals surface area (Å²) in [5, 5.41) is 4.33. The normalized spacial score (nSPS) is 16.4. The number of carbonyl (C=O) groups excluding carboxylic acids is 1. The minimum atomic E-state index is -0.151. The van der Waals surface area contributed by atoms with Gasteiger partial charge in [-0.3, -0.25) is 9.59 Å². The van der Waals surface area contributed by atoms with Gasteiger partial charge >= 0.3 is 0 Å². The van der Waals surface area contributed by atoms with Crippen molar-refractivity contribution in [2.24, 2.45) is 13.0 Å². The van der Waals surface area contributed by atoms with Crippen molar-refractivity contribution in [1.29, 1.82) is 0 Å². The summed E-state index contributed by atoms with van der Waals surface area (Å²) in [6.45, 7) is 3.93. The molecule has 0 spiro atoms. The van der Waals surface area contributed by atoms with Gasteiger partial charge in [-0.2, -0.15) is 0 Å². The molecule has 1 amide bonds. The summed E-state index contributed by atoms with van der Waals surface area (Å²) in [5.41, 5.74) is 5.03. The number of aryl methyl sites for hydroxylation is 2. The molecule has 1 saturated heterocycles. The molecule has 170 valence electrons. The average Bonchev–Trinajstić information content (AvgIpc) is 3.23. The fraction of sp³-hybridized carbons (Fsp3) is 0.346. The number of aromatic nitrogens is 3. The summed E-state index contributed by atoms with van der Waals surface area (Å²) in [6.07, 6.45) is 4.48. The number of anilines is 1. The van der Waals surface area contributed by atoms with Crippen LogP contribution < -0.4 is 15.8 Å². The highest BCUT2D eigenvalue weighted by atomic mass is 16.2. The van der Waals surface area contributed by atoms with Crippen molar-refractivity contribution < 1.29 is 4.79 Å². The van der Waals surface area contributed by atoms with E-state index >= 15 is 0 Å². The standard InChI is InChI=1S/C26H29N5O2/c1-17-9-10-21-20(14-17)18(15-28-21)11-12-27-25(32)19-6-5-13-31(16-19)24-26(33)30(2)23-8-4-3-7-22(23)29-24/h3-4,7-10,14-15,19,28H,5-6,11-13,16H2,1-2H3,(H,27,32)/t19-/m0/s1. The number of aromatic amines is 1. The molecular formula is C26H29N5O2. The largest absolute Gasteiger partial charge is 0.361 e. The van der Waals surface area contributed by atoms with E-state index in [0.29, 0.717) is 18.9 Å². The molecule has 0 saturated carbocycles. The van der Waals surface area contributed by atoms with Crippen molar-refractivity contribution in [3.63, 3.8) is 0 Å². The molecule has 1 aliphatic heterocycles. The van der Waals surface area contributed by atoms with E-state index in [-0.39, 0.29) is 17.4 Å². The summed E-state index contributed by atoms with van der Waals surface area (Å²) >= 11 is 0. The maximum absolute atomic E-state index is 12.9. The molecule has 0 unspecified atom stereocenters. The molecule has 1 atom stereocenters. The number of H-pyrrole nitrogens is 1. The van der Waals surface area contributed by atoms with Crippen molar-refractivity contribution >= 4 is 33.7 Å². The number of hydrogen-bond donors (Lipinski definition) is 2. The Morgan fingerprint density at radius 1 is 1.24 bits per heavy atom. The van der Waals surface area contributed by atoms with Crippen molar-refractivity contribution in [3.05, 3.63) is 70.1 Å². The number of rotatable bonds is 5. The van der Waals surface area contributed by atoms with E-state index in [2.05, 4.69) is 40.4 Å². The average molecular weight is 444 g/mol. The van der Waals surface area contributed by atoms with E-state index in [1.807, 2.05) is 35.4 Å². The van der Waals surface area contributed by atoms with E-state index in [9.17, 15) is 9.59 Å². The van der Waals surface area contributed by atoms with E-state index < -0.39 is 0 Å². The van der Waals surface area contributed by atoms with E-state index in [1.165, 1.54) is 16.5 Å². The molecule has 4 aromatic rings. The lowest BCUT2D eigenvalue weighted by molar-refractivity contribution is -0.125. The van der Waals surface area contributed by atoms with Crippen LogP contribution in [0.2, 0.25) is 0 Å². The smallest absolute Gasteiger partial charge is 0.293 e. The van der Waals surface area contributed by atoms with Gasteiger partial charge in [0.1, 0.15) is 0 Å². The quantitative estimate of drug-likeness (QED) is 0.496. The van der Waals surface area contributed by atoms with Crippen LogP contribution in [0.25, 0.3) is 21.9 Å². The summed E-state index contributed by atoms with van der Waals surface area (Å²) in [4.78, 5) is 35.8. The molecule has 0 aliphatic carbocycles. The van der Waals surface area contributed by atoms with E-state index in [1.54, 1.807) is 11.6 Å². The number of hydrogen-bond acceptors (Lipinski definition) is 4. The molecule has 2 aromatic heterocycles. The molecule has 1 fully saturated rings. The van der Waals surface area contributed by atoms with Crippen LogP contribution in [0.3, 0.4) is 0 Å². The van der Waals surface area contributed by atoms with Crippen LogP contribution in [0, 0.1) is 12.8 Å². The number of nitrogens with zero attached hydrogens (tertiary/aromatic N) is 3. The summed E-state index contributed by atoms with van der Waals surface area (Å²) in [5.74, 6) is 0.332. The zero-order valence-corrected chi connectivity index (χ0v) is 19.1. The second kappa shape index (κ2) is 8.73. The van der Waals surface area contributed by atoms with Crippen LogP contribution in [0.4, 0.5) is 5.82 Å². The predicted octanol–water partition coefficient (Wildman–Crippen LogP) is 3.30. The van der Waals surface area contributed by atoms with Gasteiger partial charge in [0.25, 0.3) is 5.56 Å². The third-order valence-electron chi connectivity index (χ3n) is 6.67. The first-order valence-corrected chi connectivity index (χ1v) is 11.6. The predicted molar refractivity (Wildman–Crippen MR) is 132 cm³/mol. The minimum absolute atomic E-state index is 0.0494. The first kappa shape index (κ1) is 21.2. The highest BCUT2D eigenvalue weighted by Crippen LogP contribution is 2.22. The molecule has 1 aliphatic rings. The topological polar surface area (TPSA) is 83.0 Å². The summed E-state index contributed by atoms with van der Waals surface area (Å²) < 4.78 is 1.64. The number of fused-ring (bicyclic) bond motifs is 2. The molecule has 33 heavy (non-hydrogen) atoms. The van der Waals surface area contributed by atoms with Crippen LogP contribution in [0.15, 0.2) is 53.5 Å². The number of para-hydroxylation sites is 2. The van der Waals surface area contributed by atoms with Gasteiger partial charge in [0, 0.05) is 43.8 Å². The number of carbonyl (C=O) groups is 1. The Bertz CT molecular complexity index is 1390. The molecule has 3 heterocycles. The SMILES string of the molecule is Cc1ccc2[nH]cc(CCNC(=O)[C@H]3CCCN(c4nc5ccccc5n(C)c4=O)C3)c2c1. The van der Waals surface area contributed by atoms with Crippen LogP contribution >= 0.6 is 0 Å². The maximum atomic E-state index is 12.9. The monoisotopic (exact) mass is 443 g/mol. The van der Waals surface area contributed by atoms with E-state index in [0.717, 1.165) is 42.4 Å². The van der Waals surface area contributed by atoms with E-state index in [4.69, 9.17) is 0 Å². The van der Waals surface area contributed by atoms with Gasteiger partial charge in [0.2, 0.25) is 5.91 Å². The zero-order valence-electron chi connectivity index (χ0n) is 19.1. The zero-order chi connectivity index (χ0) is 22.9. The Hall–Kier alpha value is -3.61. The lowest BCUT2D eigenvalue weighted by atomic mass is 9.97. The first-order valence-electron chi connectivity index (χ1n) is 11.6. The molecule has 2 N–H and O–H groups in total. The lowest BCUT2D eigenvalue weighted by Gasteiger charge is -2.32. The second-order valence-corrected chi connectivity index (χ2v) is 8.98. The third kappa shape index (κ3) is 4.11. The Kier molecular flexibility index (Phi) is 5.62. The molecule has 0 bridgehead atoms. The van der Waals surface area contributed by atoms with Gasteiger partial charge in [0.15, 0.2) is 5.82 Å². The Labute approximate surface area is 192 Å². The fourth-order valence-corrected chi connectivity index (χ4v) is 4.82. The highest BCUT2D eigenvalue weighted by Gasteiger charge is 2.28. The Morgan fingerprint density at radius 2 is 2.09 bits per heavy atom. The number of benzene rings is 2. The Morgan fingerprint density at radius 3 is 2.97 bits per heavy atom. The lowest BCUT2D eigenvalue weighted by Crippen LogP contribution is -2.45. The molecular weight excluding hydrogens is 414 g/mol. The van der Waals surface area contributed by atoms with Crippen LogP contribution in [-0.4, -0.2) is 40.1 Å². The highest BCUT2D eigenvalue weighted by molar-refractivity contribution is 5.84. The third-order valence-corrected chi connectivity index (χ3v) is 6.67. The fourth-order valence-electron chi connectivity index (χ4n) is 4.82. The van der Waals surface area contributed by atoms with Gasteiger partial charge in [0.05, 0.1) is 17.0 Å². The molecule has 7 nitrogen and oxygen atoms in total. The van der Waals surface area contributed by atoms with Crippen LogP contribution in [-0.2, 0) is 18.3 Å². The van der Waals surface area contributed by atoms with Crippen molar-refractivity contribution in [1.82, 2.24) is 19.9 Å². The minimum Gasteiger partial charge on any atom is -0.361 e. The van der Waals surface area contributed by atoms with Gasteiger partial charge in [-0.05, 0) is 56.0 Å². The first-order chi connectivity index (χ1) is 16.0. The Balaban J connectivity index is 1.26. The second-order valence-electron chi connectivity index (χ2n) is 8.98. The number of amides is 1. The molecule has 0 radical (unpaired) electrons. The summed E-state index contributed by atoms with van der Waals surface area (Å²) in [6, 6.07) is 14.0. The molecule has 2 aromatic carbocycles. The van der Waals surface area contributed by atoms with Crippen molar-refractivity contribution in [2.75, 3.05) is 24.5 Å². The van der Waals surface area contributed by atoms with Gasteiger partial charge in [-0.25, -0.2) is 4.98 Å². The molecule has 7 heteroatoms. The van der Waals surface area contributed by atoms with Crippen LogP contribution in [0.1, 0.15) is 24.0 Å². The van der Waals surface area contributed by atoms with Crippen molar-refractivity contribution in [2.45, 2.75) is 26.2 Å². The van der Waals surface area contributed by atoms with Gasteiger partial charge in [-0.15, -0.1) is 0 Å². The van der Waals surface area contributed by atoms with Crippen LogP contribution in [0.5, 0.6) is 0 Å². The molecule has 5 rings (SSSR count). The van der Waals surface area contributed by atoms with Crippen molar-refractivity contribution in [3.8, 4) is 0 Å².